The maximum Gasteiger partial charge on any atom is 0.326 e. The van der Waals surface area contributed by atoms with E-state index < -0.39 is 23.9 Å². The standard InChI is InChI=1S/C44H81N5O13/c1-32(2)40(56)33(49-42(3,4)5)13-10-11-20-45-37(52)29-61-27-26-60-24-22-47-38(53)30-62-28-25-59-23-21-46-35(50)16-15-34(41(57)58)48-36(51)14-12-18-43(6,7)31-44(8,9)19-17-39(54)55/h32-34,49H,10-31H2,1-9H3,(H,45,52)(H,46,50)(H,47,53)(H,48,51)(H,54,55)(H,57,58)/t33-,34-/m0/s1. The highest BCUT2D eigenvalue weighted by molar-refractivity contribution is 5.86. The molecule has 0 rings (SSSR count). The van der Waals surface area contributed by atoms with Crippen molar-refractivity contribution >= 4 is 41.4 Å². The van der Waals surface area contributed by atoms with Gasteiger partial charge in [0.05, 0.1) is 45.7 Å². The number of carbonyl (C=O) groups excluding carboxylic acids is 5. The van der Waals surface area contributed by atoms with Crippen molar-refractivity contribution in [1.29, 1.82) is 0 Å². The number of nitrogens with one attached hydrogen (secondary N) is 5. The number of carbonyl (C=O) groups is 7. The van der Waals surface area contributed by atoms with Gasteiger partial charge in [-0.15, -0.1) is 0 Å². The number of hydrogen-bond acceptors (Lipinski definition) is 12. The van der Waals surface area contributed by atoms with E-state index >= 15 is 0 Å². The molecule has 0 aromatic rings. The quantitative estimate of drug-likeness (QED) is 0.0439. The highest BCUT2D eigenvalue weighted by Gasteiger charge is 2.30. The summed E-state index contributed by atoms with van der Waals surface area (Å²) in [5, 5.41) is 32.6. The Hall–Kier alpha value is -3.71. The Morgan fingerprint density at radius 3 is 1.56 bits per heavy atom. The highest BCUT2D eigenvalue weighted by Crippen LogP contribution is 2.40. The molecule has 0 radical (unpaired) electrons. The Morgan fingerprint density at radius 1 is 0.532 bits per heavy atom. The van der Waals surface area contributed by atoms with E-state index in [1.807, 2.05) is 48.5 Å². The molecule has 0 spiro atoms. The summed E-state index contributed by atoms with van der Waals surface area (Å²) in [6.07, 6.45) is 4.94. The second kappa shape index (κ2) is 32.0. The lowest BCUT2D eigenvalue weighted by Gasteiger charge is -2.35. The lowest BCUT2D eigenvalue weighted by molar-refractivity contribution is -0.142. The minimum absolute atomic E-state index is 0.0440. The summed E-state index contributed by atoms with van der Waals surface area (Å²) >= 11 is 0. The van der Waals surface area contributed by atoms with E-state index in [1.165, 1.54) is 0 Å². The zero-order valence-electron chi connectivity index (χ0n) is 39.2. The first-order valence-corrected chi connectivity index (χ1v) is 22.1. The van der Waals surface area contributed by atoms with Gasteiger partial charge in [-0.1, -0.05) is 41.5 Å². The average Bonchev–Trinajstić information content (AvgIpc) is 3.15. The molecule has 360 valence electrons. The summed E-state index contributed by atoms with van der Waals surface area (Å²) in [6, 6.07) is -1.41. The van der Waals surface area contributed by atoms with Crippen molar-refractivity contribution in [1.82, 2.24) is 26.6 Å². The van der Waals surface area contributed by atoms with E-state index in [1.54, 1.807) is 0 Å². The first kappa shape index (κ1) is 58.3. The lowest BCUT2D eigenvalue weighted by Crippen LogP contribution is -2.49. The van der Waals surface area contributed by atoms with Crippen molar-refractivity contribution < 1.29 is 62.7 Å². The van der Waals surface area contributed by atoms with Gasteiger partial charge in [-0.2, -0.15) is 0 Å². The van der Waals surface area contributed by atoms with Crippen LogP contribution in [0.3, 0.4) is 0 Å². The number of ketones is 1. The average molecular weight is 888 g/mol. The third-order valence-corrected chi connectivity index (χ3v) is 9.63. The van der Waals surface area contributed by atoms with E-state index in [9.17, 15) is 38.7 Å². The van der Waals surface area contributed by atoms with Crippen molar-refractivity contribution in [2.45, 2.75) is 151 Å². The first-order valence-electron chi connectivity index (χ1n) is 22.1. The molecule has 0 unspecified atom stereocenters. The van der Waals surface area contributed by atoms with Crippen LogP contribution in [0.25, 0.3) is 0 Å². The molecule has 18 heteroatoms. The van der Waals surface area contributed by atoms with Crippen LogP contribution in [0.5, 0.6) is 0 Å². The van der Waals surface area contributed by atoms with Gasteiger partial charge >= 0.3 is 11.9 Å². The first-order chi connectivity index (χ1) is 28.9. The number of carboxylic acid groups (broad SMARTS) is 2. The second-order valence-electron chi connectivity index (χ2n) is 18.6. The lowest BCUT2D eigenvalue weighted by atomic mass is 9.71. The van der Waals surface area contributed by atoms with Crippen LogP contribution in [0.1, 0.15) is 133 Å². The molecule has 0 aromatic heterocycles. The van der Waals surface area contributed by atoms with Crippen LogP contribution >= 0.6 is 0 Å². The Morgan fingerprint density at radius 2 is 1.05 bits per heavy atom. The number of rotatable bonds is 38. The van der Waals surface area contributed by atoms with Gasteiger partial charge in [-0.3, -0.25) is 28.8 Å². The molecular formula is C44H81N5O13. The van der Waals surface area contributed by atoms with Crippen LogP contribution in [0.2, 0.25) is 0 Å². The smallest absolute Gasteiger partial charge is 0.326 e. The molecule has 0 aromatic carbocycles. The van der Waals surface area contributed by atoms with Crippen molar-refractivity contribution in [2.75, 3.05) is 72.5 Å². The maximum atomic E-state index is 12.5. The van der Waals surface area contributed by atoms with E-state index in [0.29, 0.717) is 32.2 Å². The third kappa shape index (κ3) is 33.9. The Kier molecular flexibility index (Phi) is 30.1. The molecule has 0 aliphatic heterocycles. The fourth-order valence-electron chi connectivity index (χ4n) is 6.84. The van der Waals surface area contributed by atoms with Gasteiger partial charge in [0, 0.05) is 50.4 Å². The topological polar surface area (TPSA) is 257 Å². The van der Waals surface area contributed by atoms with Crippen LogP contribution in [0.15, 0.2) is 0 Å². The van der Waals surface area contributed by atoms with Gasteiger partial charge in [0.15, 0.2) is 5.78 Å². The van der Waals surface area contributed by atoms with E-state index in [2.05, 4.69) is 40.4 Å². The molecule has 2 atom stereocenters. The number of unbranched alkanes of at least 4 members (excludes halogenated alkanes) is 1. The number of ether oxygens (including phenoxy) is 4. The van der Waals surface area contributed by atoms with Gasteiger partial charge in [0.25, 0.3) is 0 Å². The molecule has 0 bridgehead atoms. The number of amides is 4. The number of carboxylic acids is 2. The molecule has 62 heavy (non-hydrogen) atoms. The van der Waals surface area contributed by atoms with Crippen molar-refractivity contribution in [3.63, 3.8) is 0 Å². The summed E-state index contributed by atoms with van der Waals surface area (Å²) in [7, 11) is 0. The van der Waals surface area contributed by atoms with Crippen LogP contribution in [0, 0.1) is 16.7 Å². The fraction of sp³-hybridized carbons (Fsp3) is 0.841. The molecule has 0 heterocycles. The molecular weight excluding hydrogens is 807 g/mol. The molecule has 4 amide bonds. The summed E-state index contributed by atoms with van der Waals surface area (Å²) in [6.45, 7) is 20.1. The molecule has 7 N–H and O–H groups in total. The predicted octanol–water partition coefficient (Wildman–Crippen LogP) is 3.38. The zero-order chi connectivity index (χ0) is 47.2. The van der Waals surface area contributed by atoms with Crippen molar-refractivity contribution in [3.05, 3.63) is 0 Å². The largest absolute Gasteiger partial charge is 0.481 e. The van der Waals surface area contributed by atoms with Crippen LogP contribution in [0.4, 0.5) is 0 Å². The molecule has 18 nitrogen and oxygen atoms in total. The van der Waals surface area contributed by atoms with Crippen molar-refractivity contribution in [3.8, 4) is 0 Å². The Labute approximate surface area is 369 Å². The van der Waals surface area contributed by atoms with E-state index in [4.69, 9.17) is 24.1 Å². The van der Waals surface area contributed by atoms with Crippen molar-refractivity contribution in [2.24, 2.45) is 16.7 Å². The molecule has 0 fully saturated rings. The molecule has 0 saturated carbocycles. The third-order valence-electron chi connectivity index (χ3n) is 9.63. The van der Waals surface area contributed by atoms with E-state index in [0.717, 1.165) is 19.3 Å². The van der Waals surface area contributed by atoms with Gasteiger partial charge in [-0.05, 0) is 83.0 Å². The highest BCUT2D eigenvalue weighted by atomic mass is 16.5. The summed E-state index contributed by atoms with van der Waals surface area (Å²) in [5.41, 5.74) is -0.462. The summed E-state index contributed by atoms with van der Waals surface area (Å²) in [5.74, 6) is -3.24. The summed E-state index contributed by atoms with van der Waals surface area (Å²) in [4.78, 5) is 84.0. The Balaban J connectivity index is 3.92. The summed E-state index contributed by atoms with van der Waals surface area (Å²) < 4.78 is 21.4. The van der Waals surface area contributed by atoms with Gasteiger partial charge in [0.2, 0.25) is 23.6 Å². The van der Waals surface area contributed by atoms with Gasteiger partial charge < -0.3 is 55.7 Å². The number of hydrogen-bond donors (Lipinski definition) is 7. The molecule has 0 aliphatic carbocycles. The van der Waals surface area contributed by atoms with E-state index in [-0.39, 0.29) is 143 Å². The number of aliphatic carboxylic acids is 2. The SMILES string of the molecule is CC(C)C(=O)[C@H](CCCCNC(=O)COCCOCCNC(=O)COCCOCCNC(=O)CC[C@H](NC(=O)CCCC(C)(C)CC(C)(C)CCC(=O)O)C(=O)O)NC(C)(C)C. The van der Waals surface area contributed by atoms with Crippen LogP contribution < -0.4 is 26.6 Å². The monoisotopic (exact) mass is 888 g/mol. The maximum absolute atomic E-state index is 12.5. The number of Topliss-reactive ketones (excluding diaryl/α,β-unsaturated/α-hetero) is 1. The fourth-order valence-corrected chi connectivity index (χ4v) is 6.84. The molecule has 0 saturated heterocycles. The Bertz CT molecular complexity index is 1350. The minimum atomic E-state index is -1.22. The van der Waals surface area contributed by atoms with Gasteiger partial charge in [0.1, 0.15) is 19.3 Å². The van der Waals surface area contributed by atoms with Gasteiger partial charge in [-0.25, -0.2) is 4.79 Å². The normalized spacial score (nSPS) is 13.0. The predicted molar refractivity (Wildman–Crippen MR) is 234 cm³/mol. The minimum Gasteiger partial charge on any atom is -0.481 e. The second-order valence-corrected chi connectivity index (χ2v) is 18.6. The zero-order valence-corrected chi connectivity index (χ0v) is 39.2. The molecule has 0 aliphatic rings. The van der Waals surface area contributed by atoms with Crippen LogP contribution in [-0.2, 0) is 52.5 Å². The van der Waals surface area contributed by atoms with Crippen LogP contribution in [-0.4, -0.2) is 142 Å².